The molecule has 1 aliphatic rings. The van der Waals surface area contributed by atoms with E-state index in [2.05, 4.69) is 10.3 Å². The molecular weight excluding hydrogens is 358 g/mol. The van der Waals surface area contributed by atoms with E-state index in [4.69, 9.17) is 11.6 Å². The van der Waals surface area contributed by atoms with Gasteiger partial charge in [-0.3, -0.25) is 14.5 Å². The Morgan fingerprint density at radius 3 is 2.76 bits per heavy atom. The highest BCUT2D eigenvalue weighted by molar-refractivity contribution is 8.00. The number of aryl methyl sites for hydroxylation is 2. The van der Waals surface area contributed by atoms with Crippen LogP contribution in [0.4, 0.5) is 5.69 Å². The summed E-state index contributed by atoms with van der Waals surface area (Å²) in [6.07, 6.45) is 0. The van der Waals surface area contributed by atoms with E-state index in [-0.39, 0.29) is 18.4 Å². The van der Waals surface area contributed by atoms with Crippen LogP contribution in [0.2, 0.25) is 5.02 Å². The highest BCUT2D eigenvalue weighted by Gasteiger charge is 2.29. The number of nitrogens with one attached hydrogen (secondary N) is 1. The number of anilines is 1. The summed E-state index contributed by atoms with van der Waals surface area (Å²) in [7, 11) is 0. The van der Waals surface area contributed by atoms with Crippen LogP contribution in [0, 0.1) is 13.8 Å². The molecule has 0 spiro atoms. The Balaban J connectivity index is 1.71. The Morgan fingerprint density at radius 1 is 1.32 bits per heavy atom. The molecular formula is C18H18ClN3O2S. The number of benzene rings is 1. The van der Waals surface area contributed by atoms with Crippen molar-refractivity contribution < 1.29 is 9.59 Å². The second-order valence-corrected chi connectivity index (χ2v) is 7.31. The van der Waals surface area contributed by atoms with Crippen molar-refractivity contribution >= 4 is 40.9 Å². The summed E-state index contributed by atoms with van der Waals surface area (Å²) in [6, 6.07) is 9.20. The van der Waals surface area contributed by atoms with Gasteiger partial charge in [0, 0.05) is 17.3 Å². The van der Waals surface area contributed by atoms with Gasteiger partial charge in [-0.2, -0.15) is 0 Å². The van der Waals surface area contributed by atoms with E-state index in [0.29, 0.717) is 17.3 Å². The Morgan fingerprint density at radius 2 is 2.04 bits per heavy atom. The number of fused-ring (bicyclic) bond motifs is 1. The van der Waals surface area contributed by atoms with Crippen LogP contribution in [-0.4, -0.2) is 29.1 Å². The van der Waals surface area contributed by atoms with E-state index >= 15 is 0 Å². The molecule has 1 aromatic carbocycles. The maximum atomic E-state index is 12.3. The lowest BCUT2D eigenvalue weighted by atomic mass is 10.2. The van der Waals surface area contributed by atoms with Gasteiger partial charge in [-0.1, -0.05) is 35.5 Å². The van der Waals surface area contributed by atoms with Crippen molar-refractivity contribution in [1.82, 2.24) is 10.3 Å². The third kappa shape index (κ3) is 4.14. The fraction of sp³-hybridized carbons (Fsp3) is 0.278. The number of hydrogen-bond donors (Lipinski definition) is 1. The van der Waals surface area contributed by atoms with Crippen molar-refractivity contribution in [2.24, 2.45) is 0 Å². The lowest BCUT2D eigenvalue weighted by Crippen LogP contribution is -2.43. The van der Waals surface area contributed by atoms with Gasteiger partial charge in [-0.15, -0.1) is 0 Å². The average molecular weight is 376 g/mol. The number of thioether (sulfide) groups is 1. The van der Waals surface area contributed by atoms with Crippen molar-refractivity contribution in [3.63, 3.8) is 0 Å². The molecule has 0 atom stereocenters. The van der Waals surface area contributed by atoms with Crippen LogP contribution in [0.1, 0.15) is 16.8 Å². The van der Waals surface area contributed by atoms with E-state index in [1.54, 1.807) is 12.1 Å². The summed E-state index contributed by atoms with van der Waals surface area (Å²) >= 11 is 7.27. The summed E-state index contributed by atoms with van der Waals surface area (Å²) in [6.45, 7) is 4.25. The second-order valence-electron chi connectivity index (χ2n) is 5.91. The van der Waals surface area contributed by atoms with Gasteiger partial charge in [0.1, 0.15) is 11.6 Å². The van der Waals surface area contributed by atoms with E-state index in [1.807, 2.05) is 32.0 Å². The number of pyridine rings is 1. The number of nitrogens with zero attached hydrogens (tertiary/aromatic N) is 2. The molecule has 0 bridgehead atoms. The number of carbonyl (C=O) groups is 2. The van der Waals surface area contributed by atoms with Gasteiger partial charge in [0.2, 0.25) is 11.8 Å². The lowest BCUT2D eigenvalue weighted by molar-refractivity contribution is -0.123. The van der Waals surface area contributed by atoms with Crippen LogP contribution in [0.15, 0.2) is 35.4 Å². The van der Waals surface area contributed by atoms with Crippen molar-refractivity contribution in [3.05, 3.63) is 52.2 Å². The Labute approximate surface area is 155 Å². The molecule has 25 heavy (non-hydrogen) atoms. The van der Waals surface area contributed by atoms with Gasteiger partial charge in [-0.25, -0.2) is 4.98 Å². The molecule has 0 aliphatic carbocycles. The van der Waals surface area contributed by atoms with Gasteiger partial charge < -0.3 is 5.32 Å². The van der Waals surface area contributed by atoms with Gasteiger partial charge >= 0.3 is 0 Å². The smallest absolute Gasteiger partial charge is 0.240 e. The molecule has 2 amide bonds. The lowest BCUT2D eigenvalue weighted by Gasteiger charge is -2.29. The largest absolute Gasteiger partial charge is 0.350 e. The zero-order valence-corrected chi connectivity index (χ0v) is 15.6. The highest BCUT2D eigenvalue weighted by atomic mass is 35.5. The number of aromatic nitrogens is 1. The molecule has 0 fully saturated rings. The normalized spacial score (nSPS) is 13.6. The number of hydrogen-bond acceptors (Lipinski definition) is 4. The molecule has 5 nitrogen and oxygen atoms in total. The van der Waals surface area contributed by atoms with Gasteiger partial charge in [0.05, 0.1) is 11.4 Å². The Kier molecular flexibility index (Phi) is 5.30. The first-order valence-electron chi connectivity index (χ1n) is 7.86. The predicted octanol–water partition coefficient (Wildman–Crippen LogP) is 3.11. The maximum absolute atomic E-state index is 12.3. The molecule has 2 heterocycles. The van der Waals surface area contributed by atoms with Gasteiger partial charge in [0.25, 0.3) is 0 Å². The van der Waals surface area contributed by atoms with E-state index in [1.165, 1.54) is 16.7 Å². The third-order valence-corrected chi connectivity index (χ3v) is 5.09. The number of halogens is 1. The van der Waals surface area contributed by atoms with Crippen LogP contribution in [0.3, 0.4) is 0 Å². The fourth-order valence-corrected chi connectivity index (χ4v) is 3.89. The molecule has 0 saturated carbocycles. The van der Waals surface area contributed by atoms with Gasteiger partial charge in [-0.05, 0) is 43.2 Å². The van der Waals surface area contributed by atoms with Crippen LogP contribution in [-0.2, 0) is 16.1 Å². The van der Waals surface area contributed by atoms with Crippen LogP contribution in [0.5, 0.6) is 0 Å². The monoisotopic (exact) mass is 375 g/mol. The topological polar surface area (TPSA) is 62.3 Å². The summed E-state index contributed by atoms with van der Waals surface area (Å²) in [5.41, 5.74) is 3.56. The van der Waals surface area contributed by atoms with E-state index in [9.17, 15) is 9.59 Å². The molecule has 2 aromatic rings. The van der Waals surface area contributed by atoms with Crippen LogP contribution < -0.4 is 10.2 Å². The standard InChI is InChI=1S/C18H18ClN3O2S/c1-11-7-12(2)21-18-17(11)22(16(24)10-25-18)9-15(23)20-8-13-3-5-14(19)6-4-13/h3-7H,8-10H2,1-2H3,(H,20,23). The average Bonchev–Trinajstić information content (AvgIpc) is 2.56. The number of amides is 2. The molecule has 1 N–H and O–H groups in total. The molecule has 7 heteroatoms. The molecule has 1 aromatic heterocycles. The summed E-state index contributed by atoms with van der Waals surface area (Å²) in [5.74, 6) is 0.0157. The highest BCUT2D eigenvalue weighted by Crippen LogP contribution is 2.36. The van der Waals surface area contributed by atoms with E-state index < -0.39 is 0 Å². The molecule has 0 radical (unpaired) electrons. The summed E-state index contributed by atoms with van der Waals surface area (Å²) in [5, 5.41) is 4.31. The third-order valence-electron chi connectivity index (χ3n) is 3.89. The SMILES string of the molecule is Cc1cc(C)c2c(n1)SCC(=O)N2CC(=O)NCc1ccc(Cl)cc1. The Hall–Kier alpha value is -2.05. The molecule has 130 valence electrons. The minimum absolute atomic E-state index is 0.00837. The maximum Gasteiger partial charge on any atom is 0.240 e. The molecule has 3 rings (SSSR count). The molecule has 1 aliphatic heterocycles. The summed E-state index contributed by atoms with van der Waals surface area (Å²) < 4.78 is 0. The quantitative estimate of drug-likeness (QED) is 0.891. The van der Waals surface area contributed by atoms with Crippen molar-refractivity contribution in [1.29, 1.82) is 0 Å². The molecule has 0 saturated heterocycles. The zero-order chi connectivity index (χ0) is 18.0. The van der Waals surface area contributed by atoms with Crippen molar-refractivity contribution in [2.75, 3.05) is 17.2 Å². The first-order chi connectivity index (χ1) is 11.9. The number of rotatable bonds is 4. The second kappa shape index (κ2) is 7.45. The van der Waals surface area contributed by atoms with Crippen molar-refractivity contribution in [3.8, 4) is 0 Å². The number of carbonyl (C=O) groups excluding carboxylic acids is 2. The van der Waals surface area contributed by atoms with Crippen LogP contribution in [0.25, 0.3) is 0 Å². The fourth-order valence-electron chi connectivity index (χ4n) is 2.73. The van der Waals surface area contributed by atoms with Crippen LogP contribution >= 0.6 is 23.4 Å². The van der Waals surface area contributed by atoms with E-state index in [0.717, 1.165) is 27.5 Å². The minimum Gasteiger partial charge on any atom is -0.350 e. The Bertz CT molecular complexity index is 824. The predicted molar refractivity (Wildman–Crippen MR) is 100 cm³/mol. The minimum atomic E-state index is -0.207. The van der Waals surface area contributed by atoms with Crippen molar-refractivity contribution in [2.45, 2.75) is 25.4 Å². The first kappa shape index (κ1) is 17.8. The van der Waals surface area contributed by atoms with Gasteiger partial charge in [0.15, 0.2) is 0 Å². The summed E-state index contributed by atoms with van der Waals surface area (Å²) in [4.78, 5) is 30.7. The molecule has 0 unspecified atom stereocenters. The first-order valence-corrected chi connectivity index (χ1v) is 9.23. The zero-order valence-electron chi connectivity index (χ0n) is 14.0.